The number of carbonyl (C=O) groups is 1. The minimum absolute atomic E-state index is 0.0977. The third-order valence-electron chi connectivity index (χ3n) is 8.53. The molecule has 0 saturated carbocycles. The Hall–Kier alpha value is -1.28. The van der Waals surface area contributed by atoms with Crippen molar-refractivity contribution in [2.75, 3.05) is 33.0 Å². The Morgan fingerprint density at radius 3 is 1.62 bits per heavy atom. The molecule has 0 aliphatic rings. The standard InChI is InChI=1S/C41H78NO7P/c1-3-5-7-9-11-13-15-17-18-19-20-21-23-25-27-29-31-33-36-46-38-40(39-48-50(44,45)47-37-35-42)49-41(43)34-32-30-28-26-24-22-16-14-12-10-8-6-4-2/h11,13-14,16-18,40H,3-10,12,15,19-39,42H2,1-2H3,(H,44,45)/b13-11-,16-14-,18-17-. The smallest absolute Gasteiger partial charge is 0.457 e. The molecule has 9 heteroatoms. The summed E-state index contributed by atoms with van der Waals surface area (Å²) in [4.78, 5) is 22.4. The van der Waals surface area contributed by atoms with Crippen LogP contribution in [0.15, 0.2) is 36.5 Å². The van der Waals surface area contributed by atoms with Crippen molar-refractivity contribution in [1.29, 1.82) is 0 Å². The van der Waals surface area contributed by atoms with Crippen molar-refractivity contribution in [3.8, 4) is 0 Å². The maximum absolute atomic E-state index is 12.5. The topological polar surface area (TPSA) is 117 Å². The number of phosphoric ester groups is 1. The normalized spacial score (nSPS) is 13.9. The lowest BCUT2D eigenvalue weighted by Gasteiger charge is -2.20. The molecule has 0 saturated heterocycles. The van der Waals surface area contributed by atoms with E-state index in [2.05, 4.69) is 50.3 Å². The fourth-order valence-electron chi connectivity index (χ4n) is 5.49. The van der Waals surface area contributed by atoms with E-state index in [9.17, 15) is 14.3 Å². The Labute approximate surface area is 308 Å². The van der Waals surface area contributed by atoms with Gasteiger partial charge >= 0.3 is 13.8 Å². The highest BCUT2D eigenvalue weighted by atomic mass is 31.2. The summed E-state index contributed by atoms with van der Waals surface area (Å²) in [7, 11) is -4.28. The first-order valence-corrected chi connectivity index (χ1v) is 22.0. The number of carbonyl (C=O) groups excluding carboxylic acids is 1. The van der Waals surface area contributed by atoms with E-state index in [-0.39, 0.29) is 32.3 Å². The van der Waals surface area contributed by atoms with Gasteiger partial charge in [-0.05, 0) is 70.6 Å². The Balaban J connectivity index is 4.06. The van der Waals surface area contributed by atoms with Gasteiger partial charge in [0.25, 0.3) is 0 Å². The third-order valence-corrected chi connectivity index (χ3v) is 9.51. The van der Waals surface area contributed by atoms with Gasteiger partial charge in [0, 0.05) is 19.6 Å². The summed E-state index contributed by atoms with van der Waals surface area (Å²) in [6.45, 7) is 4.86. The van der Waals surface area contributed by atoms with Crippen LogP contribution in [0.5, 0.6) is 0 Å². The van der Waals surface area contributed by atoms with Gasteiger partial charge in [0.15, 0.2) is 0 Å². The van der Waals surface area contributed by atoms with Gasteiger partial charge in [0.2, 0.25) is 0 Å². The van der Waals surface area contributed by atoms with Crippen molar-refractivity contribution in [2.45, 2.75) is 187 Å². The lowest BCUT2D eigenvalue weighted by molar-refractivity contribution is -0.154. The predicted molar refractivity (Wildman–Crippen MR) is 210 cm³/mol. The summed E-state index contributed by atoms with van der Waals surface area (Å²) in [6.07, 6.45) is 43.0. The van der Waals surface area contributed by atoms with Crippen molar-refractivity contribution in [1.82, 2.24) is 0 Å². The fourth-order valence-corrected chi connectivity index (χ4v) is 6.26. The van der Waals surface area contributed by atoms with Crippen LogP contribution in [0.3, 0.4) is 0 Å². The fraction of sp³-hybridized carbons (Fsp3) is 0.829. The van der Waals surface area contributed by atoms with Crippen molar-refractivity contribution >= 4 is 13.8 Å². The second-order valence-electron chi connectivity index (χ2n) is 13.5. The van der Waals surface area contributed by atoms with Crippen LogP contribution >= 0.6 is 7.82 Å². The minimum Gasteiger partial charge on any atom is -0.457 e. The summed E-state index contributed by atoms with van der Waals surface area (Å²) in [5.74, 6) is -0.342. The monoisotopic (exact) mass is 728 g/mol. The van der Waals surface area contributed by atoms with Gasteiger partial charge in [0.1, 0.15) is 6.10 Å². The van der Waals surface area contributed by atoms with E-state index in [1.807, 2.05) is 0 Å². The number of nitrogens with two attached hydrogens (primary N) is 1. The number of allylic oxidation sites excluding steroid dienone is 6. The lowest BCUT2D eigenvalue weighted by atomic mass is 10.1. The first-order valence-electron chi connectivity index (χ1n) is 20.5. The summed E-state index contributed by atoms with van der Waals surface area (Å²) >= 11 is 0. The molecular formula is C41H78NO7P. The molecule has 2 unspecified atom stereocenters. The van der Waals surface area contributed by atoms with Crippen LogP contribution in [-0.2, 0) is 27.9 Å². The van der Waals surface area contributed by atoms with Crippen molar-refractivity contribution in [2.24, 2.45) is 5.73 Å². The molecule has 0 spiro atoms. The summed E-state index contributed by atoms with van der Waals surface area (Å²) < 4.78 is 33.3. The largest absolute Gasteiger partial charge is 0.472 e. The van der Waals surface area contributed by atoms with E-state index < -0.39 is 13.9 Å². The molecule has 8 nitrogen and oxygen atoms in total. The van der Waals surface area contributed by atoms with Crippen LogP contribution < -0.4 is 5.73 Å². The summed E-state index contributed by atoms with van der Waals surface area (Å²) in [5, 5.41) is 0. The van der Waals surface area contributed by atoms with Gasteiger partial charge in [-0.25, -0.2) is 4.57 Å². The highest BCUT2D eigenvalue weighted by Gasteiger charge is 2.25. The number of esters is 1. The van der Waals surface area contributed by atoms with Gasteiger partial charge in [-0.15, -0.1) is 0 Å². The Bertz CT molecular complexity index is 864. The number of unbranched alkanes of at least 4 members (excludes halogenated alkanes) is 20. The zero-order chi connectivity index (χ0) is 36.6. The molecule has 0 aromatic rings. The second kappa shape index (κ2) is 38.9. The quantitative estimate of drug-likeness (QED) is 0.0278. The molecule has 0 amide bonds. The molecule has 0 rings (SSSR count). The molecular weight excluding hydrogens is 649 g/mol. The summed E-state index contributed by atoms with van der Waals surface area (Å²) in [6, 6.07) is 0. The molecule has 0 fully saturated rings. The zero-order valence-corrected chi connectivity index (χ0v) is 33.3. The Morgan fingerprint density at radius 2 is 1.06 bits per heavy atom. The van der Waals surface area contributed by atoms with E-state index >= 15 is 0 Å². The zero-order valence-electron chi connectivity index (χ0n) is 32.4. The molecule has 0 heterocycles. The van der Waals surface area contributed by atoms with Crippen molar-refractivity contribution < 1.29 is 32.8 Å². The van der Waals surface area contributed by atoms with Crippen LogP contribution in [0.1, 0.15) is 181 Å². The Morgan fingerprint density at radius 1 is 0.600 bits per heavy atom. The minimum atomic E-state index is -4.28. The number of hydrogen-bond donors (Lipinski definition) is 2. The van der Waals surface area contributed by atoms with E-state index in [1.54, 1.807) is 0 Å². The summed E-state index contributed by atoms with van der Waals surface area (Å²) in [5.41, 5.74) is 5.36. The van der Waals surface area contributed by atoms with E-state index in [1.165, 1.54) is 109 Å². The van der Waals surface area contributed by atoms with Gasteiger partial charge in [0.05, 0.1) is 19.8 Å². The van der Waals surface area contributed by atoms with Gasteiger partial charge in [-0.2, -0.15) is 0 Å². The molecule has 0 aliphatic carbocycles. The van der Waals surface area contributed by atoms with Crippen LogP contribution in [0.4, 0.5) is 0 Å². The SMILES string of the molecule is CCCCC/C=C\C/C=C\CCCCCCCCCCOCC(COP(=O)(O)OCCN)OC(=O)CCCCCCC/C=C\CCCCCC. The molecule has 294 valence electrons. The average Bonchev–Trinajstić information content (AvgIpc) is 3.10. The van der Waals surface area contributed by atoms with E-state index in [4.69, 9.17) is 24.3 Å². The van der Waals surface area contributed by atoms with Crippen molar-refractivity contribution in [3.05, 3.63) is 36.5 Å². The molecule has 3 N–H and O–H groups in total. The van der Waals surface area contributed by atoms with Crippen LogP contribution in [0.2, 0.25) is 0 Å². The first kappa shape index (κ1) is 48.7. The maximum Gasteiger partial charge on any atom is 0.472 e. The molecule has 50 heavy (non-hydrogen) atoms. The van der Waals surface area contributed by atoms with Gasteiger partial charge in [-0.3, -0.25) is 13.8 Å². The molecule has 0 bridgehead atoms. The maximum atomic E-state index is 12.5. The molecule has 0 aromatic heterocycles. The highest BCUT2D eigenvalue weighted by molar-refractivity contribution is 7.47. The second-order valence-corrected chi connectivity index (χ2v) is 14.9. The molecule has 2 atom stereocenters. The average molecular weight is 728 g/mol. The van der Waals surface area contributed by atoms with Crippen molar-refractivity contribution in [3.63, 3.8) is 0 Å². The van der Waals surface area contributed by atoms with Crippen LogP contribution in [0, 0.1) is 0 Å². The number of phosphoric acid groups is 1. The van der Waals surface area contributed by atoms with E-state index in [0.29, 0.717) is 13.0 Å². The molecule has 0 aromatic carbocycles. The Kier molecular flexibility index (Phi) is 37.9. The van der Waals surface area contributed by atoms with Gasteiger partial charge < -0.3 is 20.1 Å². The van der Waals surface area contributed by atoms with Gasteiger partial charge in [-0.1, -0.05) is 140 Å². The van der Waals surface area contributed by atoms with E-state index in [0.717, 1.165) is 51.4 Å². The third kappa shape index (κ3) is 38.0. The number of hydrogen-bond acceptors (Lipinski definition) is 7. The highest BCUT2D eigenvalue weighted by Crippen LogP contribution is 2.43. The van der Waals surface area contributed by atoms with Crippen LogP contribution in [0.25, 0.3) is 0 Å². The lowest BCUT2D eigenvalue weighted by Crippen LogP contribution is -2.28. The predicted octanol–water partition coefficient (Wildman–Crippen LogP) is 11.9. The van der Waals surface area contributed by atoms with Crippen LogP contribution in [-0.4, -0.2) is 49.9 Å². The first-order chi connectivity index (χ1) is 24.4. The molecule has 0 radical (unpaired) electrons. The number of ether oxygens (including phenoxy) is 2. The molecule has 0 aliphatic heterocycles. The number of rotatable bonds is 39.